The van der Waals surface area contributed by atoms with Gasteiger partial charge in [0.2, 0.25) is 0 Å². The third-order valence-corrected chi connectivity index (χ3v) is 5.05. The van der Waals surface area contributed by atoms with Gasteiger partial charge >= 0.3 is 0 Å². The van der Waals surface area contributed by atoms with Gasteiger partial charge in [0.1, 0.15) is 0 Å². The highest BCUT2D eigenvalue weighted by Gasteiger charge is 2.44. The molecule has 1 aromatic rings. The SMILES string of the molecule is O=C(C(C/C=C/c1ccccc1)[N+](=O)[O-])N1CC[C@H]2CCC[C@H]21. The summed E-state index contributed by atoms with van der Waals surface area (Å²) in [7, 11) is 0. The summed E-state index contributed by atoms with van der Waals surface area (Å²) in [5.41, 5.74) is 0.985. The summed E-state index contributed by atoms with van der Waals surface area (Å²) in [6.07, 6.45) is 8.02. The van der Waals surface area contributed by atoms with E-state index >= 15 is 0 Å². The minimum atomic E-state index is -1.16. The largest absolute Gasteiger partial charge is 0.333 e. The maximum absolute atomic E-state index is 12.6. The Morgan fingerprint density at radius 2 is 2.09 bits per heavy atom. The molecule has 0 spiro atoms. The highest BCUT2D eigenvalue weighted by Crippen LogP contribution is 2.38. The first-order valence-electron chi connectivity index (χ1n) is 8.32. The number of amides is 1. The number of likely N-dealkylation sites (tertiary alicyclic amines) is 1. The lowest BCUT2D eigenvalue weighted by Gasteiger charge is -2.24. The summed E-state index contributed by atoms with van der Waals surface area (Å²) in [5.74, 6) is 0.258. The lowest BCUT2D eigenvalue weighted by atomic mass is 10.0. The fourth-order valence-electron chi connectivity index (χ4n) is 3.87. The topological polar surface area (TPSA) is 63.4 Å². The number of fused-ring (bicyclic) bond motifs is 1. The Kier molecular flexibility index (Phi) is 4.74. The van der Waals surface area contributed by atoms with Crippen LogP contribution in [0, 0.1) is 16.0 Å². The Balaban J connectivity index is 1.65. The van der Waals surface area contributed by atoms with Gasteiger partial charge in [-0.25, -0.2) is 0 Å². The van der Waals surface area contributed by atoms with E-state index in [-0.39, 0.29) is 18.4 Å². The van der Waals surface area contributed by atoms with Crippen molar-refractivity contribution in [2.24, 2.45) is 5.92 Å². The van der Waals surface area contributed by atoms with Crippen molar-refractivity contribution in [2.75, 3.05) is 6.54 Å². The van der Waals surface area contributed by atoms with Gasteiger partial charge in [0.15, 0.2) is 0 Å². The average Bonchev–Trinajstić information content (AvgIpc) is 3.14. The minimum Gasteiger partial charge on any atom is -0.333 e. The first-order chi connectivity index (χ1) is 11.2. The Labute approximate surface area is 136 Å². The molecule has 5 heteroatoms. The standard InChI is InChI=1S/C18H22N2O3/c21-18(19-13-12-15-9-5-10-16(15)19)17(20(22)23)11-4-8-14-6-2-1-3-7-14/h1-4,6-8,15-17H,5,9-13H2/b8-4+/t15-,16-,17?/m1/s1. The van der Waals surface area contributed by atoms with Gasteiger partial charge in [-0.05, 0) is 30.7 Å². The molecule has 0 N–H and O–H groups in total. The molecule has 1 aromatic carbocycles. The van der Waals surface area contributed by atoms with E-state index in [9.17, 15) is 14.9 Å². The molecular formula is C18H22N2O3. The summed E-state index contributed by atoms with van der Waals surface area (Å²) >= 11 is 0. The lowest BCUT2D eigenvalue weighted by Crippen LogP contribution is -2.45. The molecule has 1 heterocycles. The van der Waals surface area contributed by atoms with E-state index in [4.69, 9.17) is 0 Å². The number of hydrogen-bond acceptors (Lipinski definition) is 3. The third kappa shape index (κ3) is 3.44. The predicted octanol–water partition coefficient (Wildman–Crippen LogP) is 3.14. The zero-order valence-electron chi connectivity index (χ0n) is 13.1. The first kappa shape index (κ1) is 15.7. The Bertz CT molecular complexity index is 600. The van der Waals surface area contributed by atoms with Crippen LogP contribution in [0.15, 0.2) is 36.4 Å². The molecule has 3 rings (SSSR count). The highest BCUT2D eigenvalue weighted by atomic mass is 16.6. The van der Waals surface area contributed by atoms with E-state index in [0.29, 0.717) is 12.5 Å². The lowest BCUT2D eigenvalue weighted by molar-refractivity contribution is -0.508. The molecule has 2 fully saturated rings. The van der Waals surface area contributed by atoms with E-state index in [1.807, 2.05) is 36.4 Å². The van der Waals surface area contributed by atoms with Crippen LogP contribution in [0.25, 0.3) is 6.08 Å². The molecule has 1 aliphatic carbocycles. The van der Waals surface area contributed by atoms with E-state index in [1.165, 1.54) is 0 Å². The molecule has 3 atom stereocenters. The molecule has 1 unspecified atom stereocenters. The number of hydrogen-bond donors (Lipinski definition) is 0. The Morgan fingerprint density at radius 3 is 2.83 bits per heavy atom. The Morgan fingerprint density at radius 1 is 1.30 bits per heavy atom. The van der Waals surface area contributed by atoms with Gasteiger partial charge in [-0.1, -0.05) is 48.9 Å². The van der Waals surface area contributed by atoms with Gasteiger partial charge in [0, 0.05) is 23.9 Å². The van der Waals surface area contributed by atoms with Crippen LogP contribution in [0.3, 0.4) is 0 Å². The molecule has 0 bridgehead atoms. The van der Waals surface area contributed by atoms with Crippen molar-refractivity contribution in [1.29, 1.82) is 0 Å². The maximum atomic E-state index is 12.6. The van der Waals surface area contributed by atoms with E-state index < -0.39 is 11.0 Å². The van der Waals surface area contributed by atoms with Crippen molar-refractivity contribution in [3.05, 3.63) is 52.1 Å². The van der Waals surface area contributed by atoms with Crippen molar-refractivity contribution < 1.29 is 9.72 Å². The van der Waals surface area contributed by atoms with Crippen LogP contribution in [-0.2, 0) is 4.79 Å². The van der Waals surface area contributed by atoms with Crippen LogP contribution in [0.1, 0.15) is 37.7 Å². The van der Waals surface area contributed by atoms with Gasteiger partial charge in [0.25, 0.3) is 11.9 Å². The average molecular weight is 314 g/mol. The van der Waals surface area contributed by atoms with Crippen molar-refractivity contribution in [3.8, 4) is 0 Å². The van der Waals surface area contributed by atoms with Crippen LogP contribution in [0.5, 0.6) is 0 Å². The fraction of sp³-hybridized carbons (Fsp3) is 0.500. The van der Waals surface area contributed by atoms with Gasteiger partial charge in [-0.3, -0.25) is 14.9 Å². The zero-order valence-corrected chi connectivity index (χ0v) is 13.1. The minimum absolute atomic E-state index is 0.147. The number of rotatable bonds is 5. The summed E-state index contributed by atoms with van der Waals surface area (Å²) in [4.78, 5) is 25.3. The van der Waals surface area contributed by atoms with Crippen LogP contribution >= 0.6 is 0 Å². The molecular weight excluding hydrogens is 292 g/mol. The first-order valence-corrected chi connectivity index (χ1v) is 8.32. The highest BCUT2D eigenvalue weighted by molar-refractivity contribution is 5.81. The van der Waals surface area contributed by atoms with Gasteiger partial charge in [-0.15, -0.1) is 0 Å². The Hall–Kier alpha value is -2.17. The zero-order chi connectivity index (χ0) is 16.2. The molecule has 23 heavy (non-hydrogen) atoms. The molecule has 122 valence electrons. The van der Waals surface area contributed by atoms with Crippen molar-refractivity contribution in [2.45, 2.75) is 44.2 Å². The number of carbonyl (C=O) groups is 1. The van der Waals surface area contributed by atoms with Crippen LogP contribution in [-0.4, -0.2) is 34.4 Å². The smallest absolute Gasteiger partial charge is 0.297 e. The number of nitro groups is 1. The molecule has 2 aliphatic rings. The quantitative estimate of drug-likeness (QED) is 0.619. The molecule has 1 saturated heterocycles. The third-order valence-electron chi connectivity index (χ3n) is 5.05. The molecule has 1 aliphatic heterocycles. The summed E-state index contributed by atoms with van der Waals surface area (Å²) in [6, 6.07) is 8.70. The van der Waals surface area contributed by atoms with Crippen molar-refractivity contribution in [3.63, 3.8) is 0 Å². The normalized spacial score (nSPS) is 24.8. The van der Waals surface area contributed by atoms with Gasteiger partial charge < -0.3 is 4.90 Å². The number of nitrogens with zero attached hydrogens (tertiary/aromatic N) is 2. The second-order valence-corrected chi connectivity index (χ2v) is 6.43. The summed E-state index contributed by atoms with van der Waals surface area (Å²) in [5, 5.41) is 11.4. The predicted molar refractivity (Wildman–Crippen MR) is 88.3 cm³/mol. The van der Waals surface area contributed by atoms with E-state index in [1.54, 1.807) is 11.0 Å². The fourth-order valence-corrected chi connectivity index (χ4v) is 3.87. The molecule has 0 aromatic heterocycles. The van der Waals surface area contributed by atoms with Crippen LogP contribution in [0.4, 0.5) is 0 Å². The van der Waals surface area contributed by atoms with Crippen LogP contribution < -0.4 is 0 Å². The number of benzene rings is 1. The molecule has 1 amide bonds. The van der Waals surface area contributed by atoms with E-state index in [0.717, 1.165) is 31.2 Å². The van der Waals surface area contributed by atoms with Gasteiger partial charge in [-0.2, -0.15) is 0 Å². The second-order valence-electron chi connectivity index (χ2n) is 6.43. The monoisotopic (exact) mass is 314 g/mol. The van der Waals surface area contributed by atoms with Crippen molar-refractivity contribution >= 4 is 12.0 Å². The van der Waals surface area contributed by atoms with Crippen LogP contribution in [0.2, 0.25) is 0 Å². The summed E-state index contributed by atoms with van der Waals surface area (Å²) < 4.78 is 0. The molecule has 5 nitrogen and oxygen atoms in total. The van der Waals surface area contributed by atoms with Crippen molar-refractivity contribution in [1.82, 2.24) is 4.90 Å². The van der Waals surface area contributed by atoms with Gasteiger partial charge in [0.05, 0.1) is 0 Å². The maximum Gasteiger partial charge on any atom is 0.297 e. The second kappa shape index (κ2) is 6.94. The number of carbonyl (C=O) groups excluding carboxylic acids is 1. The molecule has 1 saturated carbocycles. The van der Waals surface area contributed by atoms with E-state index in [2.05, 4.69) is 0 Å². The summed E-state index contributed by atoms with van der Waals surface area (Å²) in [6.45, 7) is 0.681. The molecule has 0 radical (unpaired) electrons.